The first kappa shape index (κ1) is 22.2. The van der Waals surface area contributed by atoms with Crippen LogP contribution in [0.4, 0.5) is 5.82 Å². The van der Waals surface area contributed by atoms with Crippen molar-refractivity contribution in [2.75, 3.05) is 11.9 Å². The van der Waals surface area contributed by atoms with Gasteiger partial charge in [0.2, 0.25) is 0 Å². The molecule has 156 valence electrons. The maximum Gasteiger partial charge on any atom is 0.264 e. The number of pyridine rings is 2. The standard InChI is InChI=1S/C20H25Cl2N5OS/c1-20(2)11-10-13(26-20)5-4-12-23-16-6-3-7-17(25-16)29-27-19(28)14-8-9-15(21)24-18(14)22/h3,6-9,13,26H,4-5,10-12H2,1-2H3,(H,23,25)(H,27,28). The van der Waals surface area contributed by atoms with Gasteiger partial charge in [-0.2, -0.15) is 0 Å². The molecule has 9 heteroatoms. The van der Waals surface area contributed by atoms with Gasteiger partial charge in [-0.1, -0.05) is 29.3 Å². The Kier molecular flexibility index (Phi) is 7.62. The molecular weight excluding hydrogens is 429 g/mol. The fraction of sp³-hybridized carbons (Fsp3) is 0.450. The molecule has 0 bridgehead atoms. The molecule has 6 nitrogen and oxygen atoms in total. The summed E-state index contributed by atoms with van der Waals surface area (Å²) in [5.41, 5.74) is 0.531. The summed E-state index contributed by atoms with van der Waals surface area (Å²) in [7, 11) is 0. The molecular formula is C20H25Cl2N5OS. The smallest absolute Gasteiger partial charge is 0.264 e. The van der Waals surface area contributed by atoms with E-state index in [4.69, 9.17) is 23.2 Å². The molecule has 2 aromatic heterocycles. The quantitative estimate of drug-likeness (QED) is 0.298. The minimum absolute atomic E-state index is 0.0686. The third kappa shape index (κ3) is 6.74. The highest BCUT2D eigenvalue weighted by molar-refractivity contribution is 7.97. The molecule has 1 fully saturated rings. The second-order valence-corrected chi connectivity index (χ2v) is 9.27. The summed E-state index contributed by atoms with van der Waals surface area (Å²) in [4.78, 5) is 20.7. The molecule has 1 unspecified atom stereocenters. The van der Waals surface area contributed by atoms with Crippen molar-refractivity contribution in [1.82, 2.24) is 20.0 Å². The van der Waals surface area contributed by atoms with Crippen molar-refractivity contribution in [1.29, 1.82) is 0 Å². The molecule has 2 aromatic rings. The van der Waals surface area contributed by atoms with Crippen molar-refractivity contribution < 1.29 is 4.79 Å². The monoisotopic (exact) mass is 453 g/mol. The van der Waals surface area contributed by atoms with E-state index >= 15 is 0 Å². The van der Waals surface area contributed by atoms with E-state index in [-0.39, 0.29) is 27.3 Å². The first-order valence-corrected chi connectivity index (χ1v) is 11.2. The number of nitrogens with zero attached hydrogens (tertiary/aromatic N) is 2. The van der Waals surface area contributed by atoms with Crippen LogP contribution in [0.5, 0.6) is 0 Å². The van der Waals surface area contributed by atoms with Gasteiger partial charge in [0.15, 0.2) is 0 Å². The average Bonchev–Trinajstić information content (AvgIpc) is 3.02. The second kappa shape index (κ2) is 9.98. The Morgan fingerprint density at radius 2 is 2.10 bits per heavy atom. The number of carbonyl (C=O) groups excluding carboxylic acids is 1. The van der Waals surface area contributed by atoms with Gasteiger partial charge in [-0.25, -0.2) is 9.97 Å². The lowest BCUT2D eigenvalue weighted by molar-refractivity contribution is 0.0984. The van der Waals surface area contributed by atoms with Gasteiger partial charge < -0.3 is 10.6 Å². The highest BCUT2D eigenvalue weighted by atomic mass is 35.5. The number of hydrogen-bond acceptors (Lipinski definition) is 6. The van der Waals surface area contributed by atoms with Crippen molar-refractivity contribution in [2.45, 2.75) is 56.1 Å². The summed E-state index contributed by atoms with van der Waals surface area (Å²) in [6, 6.07) is 9.33. The molecule has 0 radical (unpaired) electrons. The molecule has 1 saturated heterocycles. The fourth-order valence-electron chi connectivity index (χ4n) is 3.32. The van der Waals surface area contributed by atoms with Crippen LogP contribution in [0.1, 0.15) is 49.9 Å². The van der Waals surface area contributed by atoms with Crippen LogP contribution in [0.3, 0.4) is 0 Å². The molecule has 1 aliphatic rings. The maximum absolute atomic E-state index is 12.3. The van der Waals surface area contributed by atoms with Gasteiger partial charge in [-0.15, -0.1) is 0 Å². The summed E-state index contributed by atoms with van der Waals surface area (Å²) >= 11 is 12.9. The number of anilines is 1. The zero-order valence-corrected chi connectivity index (χ0v) is 18.8. The summed E-state index contributed by atoms with van der Waals surface area (Å²) < 4.78 is 2.73. The molecule has 0 aromatic carbocycles. The van der Waals surface area contributed by atoms with Gasteiger partial charge in [-0.3, -0.25) is 9.52 Å². The van der Waals surface area contributed by atoms with Crippen LogP contribution in [0.25, 0.3) is 0 Å². The largest absolute Gasteiger partial charge is 0.370 e. The van der Waals surface area contributed by atoms with E-state index in [1.165, 1.54) is 18.9 Å². The topological polar surface area (TPSA) is 78.9 Å². The molecule has 0 aliphatic carbocycles. The van der Waals surface area contributed by atoms with Gasteiger partial charge in [0.25, 0.3) is 5.91 Å². The Morgan fingerprint density at radius 3 is 2.83 bits per heavy atom. The van der Waals surface area contributed by atoms with Crippen LogP contribution in [-0.2, 0) is 0 Å². The van der Waals surface area contributed by atoms with E-state index in [0.717, 1.165) is 37.2 Å². The van der Waals surface area contributed by atoms with Gasteiger partial charge in [0.05, 0.1) is 5.56 Å². The SMILES string of the molecule is CC1(C)CCC(CCCNc2cccc(SNC(=O)c3ccc(Cl)nc3Cl)n2)N1. The summed E-state index contributed by atoms with van der Waals surface area (Å²) in [6.45, 7) is 5.38. The van der Waals surface area contributed by atoms with Crippen molar-refractivity contribution in [3.8, 4) is 0 Å². The van der Waals surface area contributed by atoms with Crippen LogP contribution >= 0.6 is 35.1 Å². The lowest BCUT2D eigenvalue weighted by atomic mass is 10.0. The highest BCUT2D eigenvalue weighted by Crippen LogP contribution is 2.24. The number of rotatable bonds is 8. The molecule has 3 heterocycles. The third-order valence-electron chi connectivity index (χ3n) is 4.78. The predicted molar refractivity (Wildman–Crippen MR) is 120 cm³/mol. The van der Waals surface area contributed by atoms with E-state index in [2.05, 4.69) is 39.2 Å². The molecule has 1 aliphatic heterocycles. The first-order chi connectivity index (χ1) is 13.8. The molecule has 3 N–H and O–H groups in total. The highest BCUT2D eigenvalue weighted by Gasteiger charge is 2.29. The molecule has 29 heavy (non-hydrogen) atoms. The van der Waals surface area contributed by atoms with Crippen LogP contribution in [0.15, 0.2) is 35.4 Å². The average molecular weight is 454 g/mol. The Labute approximate surface area is 185 Å². The number of hydrogen-bond donors (Lipinski definition) is 3. The van der Waals surface area contributed by atoms with Gasteiger partial charge >= 0.3 is 0 Å². The summed E-state index contributed by atoms with van der Waals surface area (Å²) in [5, 5.41) is 8.02. The summed E-state index contributed by atoms with van der Waals surface area (Å²) in [5.74, 6) is 0.437. The molecule has 1 atom stereocenters. The summed E-state index contributed by atoms with van der Waals surface area (Å²) in [6.07, 6.45) is 4.70. The van der Waals surface area contributed by atoms with E-state index in [1.54, 1.807) is 6.07 Å². The first-order valence-electron chi connectivity index (χ1n) is 9.60. The lowest BCUT2D eigenvalue weighted by Crippen LogP contribution is -2.37. The van der Waals surface area contributed by atoms with Crippen LogP contribution in [0, 0.1) is 0 Å². The van der Waals surface area contributed by atoms with Gasteiger partial charge in [0.1, 0.15) is 21.2 Å². The minimum Gasteiger partial charge on any atom is -0.370 e. The van der Waals surface area contributed by atoms with Crippen molar-refractivity contribution in [3.05, 3.63) is 46.2 Å². The van der Waals surface area contributed by atoms with E-state index in [9.17, 15) is 4.79 Å². The molecule has 3 rings (SSSR count). The number of nitrogens with one attached hydrogen (secondary N) is 3. The second-order valence-electron chi connectivity index (χ2n) is 7.70. The Morgan fingerprint density at radius 1 is 1.28 bits per heavy atom. The van der Waals surface area contributed by atoms with Gasteiger partial charge in [0, 0.05) is 30.1 Å². The zero-order chi connectivity index (χ0) is 20.9. The Balaban J connectivity index is 1.44. The number of aromatic nitrogens is 2. The molecule has 0 spiro atoms. The molecule has 0 saturated carbocycles. The van der Waals surface area contributed by atoms with Crippen LogP contribution in [0.2, 0.25) is 10.3 Å². The van der Waals surface area contributed by atoms with Crippen molar-refractivity contribution in [2.24, 2.45) is 0 Å². The Hall–Kier alpha value is -1.54. The van der Waals surface area contributed by atoms with Crippen LogP contribution in [-0.4, -0.2) is 34.0 Å². The fourth-order valence-corrected chi connectivity index (χ4v) is 4.35. The number of amides is 1. The number of carbonyl (C=O) groups is 1. The van der Waals surface area contributed by atoms with E-state index < -0.39 is 0 Å². The number of halogens is 2. The predicted octanol–water partition coefficient (Wildman–Crippen LogP) is 4.94. The Bertz CT molecular complexity index is 865. The lowest BCUT2D eigenvalue weighted by Gasteiger charge is -2.20. The van der Waals surface area contributed by atoms with Crippen LogP contribution < -0.4 is 15.4 Å². The van der Waals surface area contributed by atoms with Crippen molar-refractivity contribution >= 4 is 46.9 Å². The van der Waals surface area contributed by atoms with E-state index in [1.807, 2.05) is 18.2 Å². The zero-order valence-electron chi connectivity index (χ0n) is 16.5. The normalized spacial score (nSPS) is 17.9. The van der Waals surface area contributed by atoms with Crippen molar-refractivity contribution in [3.63, 3.8) is 0 Å². The van der Waals surface area contributed by atoms with E-state index in [0.29, 0.717) is 11.1 Å². The van der Waals surface area contributed by atoms with Gasteiger partial charge in [-0.05, 0) is 63.8 Å². The minimum atomic E-state index is -0.351. The third-order valence-corrected chi connectivity index (χ3v) is 6.00. The maximum atomic E-state index is 12.3. The molecule has 1 amide bonds.